The van der Waals surface area contributed by atoms with Gasteiger partial charge in [0.2, 0.25) is 0 Å². The van der Waals surface area contributed by atoms with E-state index < -0.39 is 0 Å². The van der Waals surface area contributed by atoms with Crippen LogP contribution in [0.15, 0.2) is 11.6 Å². The van der Waals surface area contributed by atoms with Gasteiger partial charge < -0.3 is 18.9 Å². The quantitative estimate of drug-likeness (QED) is 0.315. The lowest BCUT2D eigenvalue weighted by molar-refractivity contribution is -0.185. The highest BCUT2D eigenvalue weighted by molar-refractivity contribution is 5.09. The Morgan fingerprint density at radius 1 is 0.650 bits per heavy atom. The maximum Gasteiger partial charge on any atom is 0.168 e. The van der Waals surface area contributed by atoms with Gasteiger partial charge in [-0.2, -0.15) is 0 Å². The van der Waals surface area contributed by atoms with Gasteiger partial charge in [0.25, 0.3) is 0 Å². The molecule has 6 fully saturated rings. The van der Waals surface area contributed by atoms with E-state index in [2.05, 4.69) is 33.8 Å². The Kier molecular flexibility index (Phi) is 11.1. The van der Waals surface area contributed by atoms with Gasteiger partial charge >= 0.3 is 0 Å². The number of hydrogen-bond donors (Lipinski definition) is 0. The second-order valence-electron chi connectivity index (χ2n) is 14.6. The molecule has 2 heterocycles. The van der Waals surface area contributed by atoms with Gasteiger partial charge in [-0.25, -0.2) is 0 Å². The third-order valence-corrected chi connectivity index (χ3v) is 12.2. The maximum atomic E-state index is 5.86. The summed E-state index contributed by atoms with van der Waals surface area (Å²) in [6.45, 7) is 12.7. The molecular formula is C36H62O4. The van der Waals surface area contributed by atoms with Crippen molar-refractivity contribution in [2.24, 2.45) is 41.4 Å². The number of ether oxygens (including phenoxy) is 4. The van der Waals surface area contributed by atoms with Crippen molar-refractivity contribution in [2.75, 3.05) is 26.4 Å². The van der Waals surface area contributed by atoms with Crippen LogP contribution < -0.4 is 0 Å². The SMILES string of the molecule is CC/C=C1/CCC(C2CCC3(CC2)OCCO3)CC1C.CCCC1CCC(C2CCC3(CC2)OCCO3)CC1C. The van der Waals surface area contributed by atoms with E-state index in [1.54, 1.807) is 5.57 Å². The first-order valence-electron chi connectivity index (χ1n) is 17.7. The molecule has 5 atom stereocenters. The van der Waals surface area contributed by atoms with Crippen molar-refractivity contribution < 1.29 is 18.9 Å². The Bertz CT molecular complexity index is 775. The molecule has 0 radical (unpaired) electrons. The van der Waals surface area contributed by atoms with E-state index >= 15 is 0 Å². The highest BCUT2D eigenvalue weighted by Crippen LogP contribution is 2.48. The lowest BCUT2D eigenvalue weighted by atomic mass is 9.66. The smallest absolute Gasteiger partial charge is 0.168 e. The Labute approximate surface area is 246 Å². The van der Waals surface area contributed by atoms with Crippen LogP contribution in [0.4, 0.5) is 0 Å². The van der Waals surface area contributed by atoms with Crippen molar-refractivity contribution in [3.63, 3.8) is 0 Å². The van der Waals surface area contributed by atoms with Crippen LogP contribution in [0.5, 0.6) is 0 Å². The molecule has 2 aliphatic heterocycles. The van der Waals surface area contributed by atoms with E-state index in [0.29, 0.717) is 0 Å². The third-order valence-electron chi connectivity index (χ3n) is 12.2. The summed E-state index contributed by atoms with van der Waals surface area (Å²) in [5, 5.41) is 0. The molecule has 5 unspecified atom stereocenters. The molecule has 0 aromatic rings. The summed E-state index contributed by atoms with van der Waals surface area (Å²) in [5.74, 6) is 6.21. The second-order valence-corrected chi connectivity index (χ2v) is 14.6. The van der Waals surface area contributed by atoms with Crippen LogP contribution in [-0.4, -0.2) is 38.0 Å². The van der Waals surface area contributed by atoms with Crippen molar-refractivity contribution in [3.05, 3.63) is 11.6 Å². The van der Waals surface area contributed by atoms with E-state index in [9.17, 15) is 0 Å². The molecule has 0 N–H and O–H groups in total. The Morgan fingerprint density at radius 3 is 1.62 bits per heavy atom. The van der Waals surface area contributed by atoms with E-state index in [1.807, 2.05) is 0 Å². The molecule has 0 aromatic carbocycles. The zero-order valence-electron chi connectivity index (χ0n) is 26.6. The molecule has 230 valence electrons. The molecule has 4 saturated carbocycles. The lowest BCUT2D eigenvalue weighted by Crippen LogP contribution is -2.38. The summed E-state index contributed by atoms with van der Waals surface area (Å²) < 4.78 is 23.4. The van der Waals surface area contributed by atoms with Gasteiger partial charge in [-0.3, -0.25) is 0 Å². The van der Waals surface area contributed by atoms with Crippen LogP contribution in [0.25, 0.3) is 0 Å². The van der Waals surface area contributed by atoms with Gasteiger partial charge in [0.1, 0.15) is 0 Å². The highest BCUT2D eigenvalue weighted by Gasteiger charge is 2.44. The minimum absolute atomic E-state index is 0.165. The fourth-order valence-electron chi connectivity index (χ4n) is 9.72. The second kappa shape index (κ2) is 14.4. The Hall–Kier alpha value is -0.420. The van der Waals surface area contributed by atoms with Gasteiger partial charge in [0.05, 0.1) is 26.4 Å². The maximum absolute atomic E-state index is 5.86. The molecule has 6 aliphatic rings. The van der Waals surface area contributed by atoms with E-state index in [4.69, 9.17) is 18.9 Å². The van der Waals surface area contributed by atoms with Gasteiger partial charge in [-0.1, -0.05) is 52.2 Å². The molecule has 0 amide bonds. The highest BCUT2D eigenvalue weighted by atomic mass is 16.7. The van der Waals surface area contributed by atoms with Crippen LogP contribution in [0.3, 0.4) is 0 Å². The third kappa shape index (κ3) is 7.56. The van der Waals surface area contributed by atoms with Gasteiger partial charge in [-0.05, 0) is 112 Å². The topological polar surface area (TPSA) is 36.9 Å². The van der Waals surface area contributed by atoms with Crippen LogP contribution >= 0.6 is 0 Å². The predicted molar refractivity (Wildman–Crippen MR) is 163 cm³/mol. The molecule has 4 nitrogen and oxygen atoms in total. The number of hydrogen-bond acceptors (Lipinski definition) is 4. The van der Waals surface area contributed by atoms with E-state index in [1.165, 1.54) is 83.5 Å². The summed E-state index contributed by atoms with van der Waals surface area (Å²) >= 11 is 0. The van der Waals surface area contributed by atoms with Crippen LogP contribution in [-0.2, 0) is 18.9 Å². The monoisotopic (exact) mass is 558 g/mol. The summed E-state index contributed by atoms with van der Waals surface area (Å²) in [7, 11) is 0. The van der Waals surface area contributed by atoms with Crippen molar-refractivity contribution in [1.82, 2.24) is 0 Å². The molecule has 0 bridgehead atoms. The van der Waals surface area contributed by atoms with Crippen LogP contribution in [0.1, 0.15) is 137 Å². The Morgan fingerprint density at radius 2 is 1.18 bits per heavy atom. The van der Waals surface area contributed by atoms with Crippen molar-refractivity contribution in [2.45, 2.75) is 148 Å². The fraction of sp³-hybridized carbons (Fsp3) is 0.944. The number of allylic oxidation sites excluding steroid dienone is 2. The van der Waals surface area contributed by atoms with Crippen molar-refractivity contribution in [3.8, 4) is 0 Å². The van der Waals surface area contributed by atoms with Gasteiger partial charge in [0.15, 0.2) is 11.6 Å². The molecule has 2 spiro atoms. The standard InChI is InChI=1S/C18H32O2.C18H30O2/c2*1-3-4-15-5-6-17(13-14(15)2)16-7-9-18(10-8-16)19-11-12-20-18/h14-17H,3-13H2,1-2H3;4,14,16-17H,3,5-13H2,1-2H3/b;15-4-. The van der Waals surface area contributed by atoms with Gasteiger partial charge in [-0.15, -0.1) is 0 Å². The molecule has 2 saturated heterocycles. The summed E-state index contributed by atoms with van der Waals surface area (Å²) in [5.41, 5.74) is 1.72. The molecule has 4 heteroatoms. The average Bonchev–Trinajstić information content (AvgIpc) is 3.62. The molecule has 4 aliphatic carbocycles. The van der Waals surface area contributed by atoms with E-state index in [-0.39, 0.29) is 11.6 Å². The minimum Gasteiger partial charge on any atom is -0.348 e. The largest absolute Gasteiger partial charge is 0.348 e. The summed E-state index contributed by atoms with van der Waals surface area (Å²) in [4.78, 5) is 0. The number of rotatable bonds is 5. The average molecular weight is 559 g/mol. The van der Waals surface area contributed by atoms with Crippen LogP contribution in [0.2, 0.25) is 0 Å². The fourth-order valence-corrected chi connectivity index (χ4v) is 9.72. The lowest BCUT2D eigenvalue weighted by Gasteiger charge is -2.42. The predicted octanol–water partition coefficient (Wildman–Crippen LogP) is 9.46. The Balaban J connectivity index is 0.000000161. The summed E-state index contributed by atoms with van der Waals surface area (Å²) in [6, 6.07) is 0. The molecular weight excluding hydrogens is 496 g/mol. The van der Waals surface area contributed by atoms with Gasteiger partial charge in [0, 0.05) is 25.7 Å². The van der Waals surface area contributed by atoms with Crippen LogP contribution in [0, 0.1) is 41.4 Å². The first-order valence-corrected chi connectivity index (χ1v) is 17.7. The zero-order valence-corrected chi connectivity index (χ0v) is 26.6. The molecule has 0 aromatic heterocycles. The zero-order chi connectivity index (χ0) is 28.0. The van der Waals surface area contributed by atoms with Crippen molar-refractivity contribution in [1.29, 1.82) is 0 Å². The van der Waals surface area contributed by atoms with E-state index in [0.717, 1.165) is 93.5 Å². The van der Waals surface area contributed by atoms with Crippen molar-refractivity contribution >= 4 is 0 Å². The minimum atomic E-state index is -0.177. The molecule has 40 heavy (non-hydrogen) atoms. The first-order chi connectivity index (χ1) is 19.4. The summed E-state index contributed by atoms with van der Waals surface area (Å²) in [6.07, 6.45) is 24.9. The first kappa shape index (κ1) is 31.0. The molecule has 6 rings (SSSR count). The normalized spacial score (nSPS) is 39.0.